The van der Waals surface area contributed by atoms with Crippen LogP contribution in [0.5, 0.6) is 5.75 Å². The Hall–Kier alpha value is -3.99. The summed E-state index contributed by atoms with van der Waals surface area (Å²) >= 11 is 0. The van der Waals surface area contributed by atoms with E-state index >= 15 is 0 Å². The van der Waals surface area contributed by atoms with Crippen LogP contribution in [0.25, 0.3) is 10.9 Å². The molecule has 0 bridgehead atoms. The summed E-state index contributed by atoms with van der Waals surface area (Å²) in [6.45, 7) is 3.70. The van der Waals surface area contributed by atoms with Gasteiger partial charge in [-0.15, -0.1) is 0 Å². The second kappa shape index (κ2) is 12.2. The Bertz CT molecular complexity index is 1660. The number of benzene rings is 1. The zero-order valence-corrected chi connectivity index (χ0v) is 27.0. The molecule has 1 aromatic carbocycles. The van der Waals surface area contributed by atoms with Crippen molar-refractivity contribution in [3.63, 3.8) is 0 Å². The molecule has 5 N–H and O–H groups in total. The van der Waals surface area contributed by atoms with E-state index in [-0.39, 0.29) is 42.1 Å². The number of phenols is 1. The van der Waals surface area contributed by atoms with Gasteiger partial charge in [-0.1, -0.05) is 19.4 Å². The average molecular weight is 649 g/mol. The summed E-state index contributed by atoms with van der Waals surface area (Å²) in [5.74, 6) is -2.07. The number of aliphatic carboxylic acids is 1. The predicted octanol–water partition coefficient (Wildman–Crippen LogP) is 4.14. The van der Waals surface area contributed by atoms with Gasteiger partial charge in [-0.25, -0.2) is 4.79 Å². The quantitative estimate of drug-likeness (QED) is 0.236. The number of rotatable bonds is 10. The second-order valence-corrected chi connectivity index (χ2v) is 14.6. The molecule has 11 nitrogen and oxygen atoms in total. The maximum atomic E-state index is 13.5. The van der Waals surface area contributed by atoms with Crippen molar-refractivity contribution in [3.8, 4) is 5.75 Å². The maximum absolute atomic E-state index is 13.5. The molecule has 6 rings (SSSR count). The smallest absolute Gasteiger partial charge is 0.326 e. The molecule has 7 atom stereocenters. The highest BCUT2D eigenvalue weighted by molar-refractivity contribution is 5.93. The van der Waals surface area contributed by atoms with E-state index in [1.807, 2.05) is 13.0 Å². The van der Waals surface area contributed by atoms with Crippen LogP contribution >= 0.6 is 0 Å². The summed E-state index contributed by atoms with van der Waals surface area (Å²) in [6.07, 6.45) is 8.55. The Labute approximate surface area is 273 Å². The summed E-state index contributed by atoms with van der Waals surface area (Å²) in [5, 5.41) is 34.4. The number of amides is 1. The van der Waals surface area contributed by atoms with Crippen molar-refractivity contribution < 1.29 is 44.0 Å². The Kier molecular flexibility index (Phi) is 8.57. The molecule has 2 aromatic rings. The van der Waals surface area contributed by atoms with E-state index in [9.17, 15) is 39.3 Å². The van der Waals surface area contributed by atoms with E-state index in [0.717, 1.165) is 25.7 Å². The maximum Gasteiger partial charge on any atom is 0.326 e. The minimum atomic E-state index is -1.62. The molecule has 47 heavy (non-hydrogen) atoms. The summed E-state index contributed by atoms with van der Waals surface area (Å²) in [4.78, 5) is 65.7. The molecule has 0 spiro atoms. The minimum absolute atomic E-state index is 0.0183. The minimum Gasteiger partial charge on any atom is -0.508 e. The number of aromatic hydroxyl groups is 1. The SMILES string of the molecule is C[C@]12CCC(=O)C=C1CC[C@@H]1[C@H]2CC[C@@]2(C)[C@@H]1CC[C@]2(O)C(=O)COC(=O)CCC(=O)N[C@H](Cc1c[nH]c2ccc(O)cc12)C(=O)O. The van der Waals surface area contributed by atoms with Crippen LogP contribution in [0, 0.1) is 28.6 Å². The van der Waals surface area contributed by atoms with Gasteiger partial charge in [0.1, 0.15) is 17.4 Å². The van der Waals surface area contributed by atoms with E-state index in [0.29, 0.717) is 54.0 Å². The van der Waals surface area contributed by atoms with Gasteiger partial charge in [-0.05, 0) is 98.0 Å². The molecule has 4 aliphatic rings. The molecular formula is C36H44N2O9. The van der Waals surface area contributed by atoms with Gasteiger partial charge in [-0.2, -0.15) is 0 Å². The first-order chi connectivity index (χ1) is 22.2. The summed E-state index contributed by atoms with van der Waals surface area (Å²) in [7, 11) is 0. The highest BCUT2D eigenvalue weighted by Gasteiger charge is 2.66. The largest absolute Gasteiger partial charge is 0.508 e. The third-order valence-electron chi connectivity index (χ3n) is 12.3. The molecule has 1 heterocycles. The number of ether oxygens (including phenoxy) is 1. The second-order valence-electron chi connectivity index (χ2n) is 14.6. The molecule has 1 amide bonds. The van der Waals surface area contributed by atoms with E-state index in [1.165, 1.54) is 17.7 Å². The summed E-state index contributed by atoms with van der Waals surface area (Å²) in [6, 6.07) is 3.42. The van der Waals surface area contributed by atoms with Gasteiger partial charge < -0.3 is 30.4 Å². The van der Waals surface area contributed by atoms with E-state index in [1.54, 1.807) is 12.3 Å². The fraction of sp³-hybridized carbons (Fsp3) is 0.583. The number of aromatic nitrogens is 1. The van der Waals surface area contributed by atoms with Crippen molar-refractivity contribution in [1.29, 1.82) is 0 Å². The lowest BCUT2D eigenvalue weighted by Crippen LogP contribution is -2.58. The number of aromatic amines is 1. The topological polar surface area (TPSA) is 183 Å². The zero-order valence-electron chi connectivity index (χ0n) is 27.0. The fourth-order valence-corrected chi connectivity index (χ4v) is 9.61. The third kappa shape index (κ3) is 5.76. The van der Waals surface area contributed by atoms with Crippen molar-refractivity contribution in [2.24, 2.45) is 28.6 Å². The first-order valence-corrected chi connectivity index (χ1v) is 16.7. The van der Waals surface area contributed by atoms with E-state index in [4.69, 9.17) is 4.74 Å². The monoisotopic (exact) mass is 648 g/mol. The molecule has 0 unspecified atom stereocenters. The number of carbonyl (C=O) groups is 5. The molecular weight excluding hydrogens is 604 g/mol. The van der Waals surface area contributed by atoms with Gasteiger partial charge in [0, 0.05) is 41.8 Å². The van der Waals surface area contributed by atoms with Gasteiger partial charge in [0.2, 0.25) is 11.7 Å². The van der Waals surface area contributed by atoms with Crippen LogP contribution in [-0.2, 0) is 35.1 Å². The first kappa shape index (κ1) is 32.9. The molecule has 0 radical (unpaired) electrons. The molecule has 3 saturated carbocycles. The number of Topliss-reactive ketones (excluding diaryl/α,β-unsaturated/α-hetero) is 1. The standard InChI is InChI=1S/C36H44N2O9/c1-34-12-9-23(40)16-21(34)3-5-24-26(34)10-13-35(2)27(24)11-14-36(35,46)30(41)19-47-32(43)8-7-31(42)38-29(33(44)45)15-20-18-37-28-6-4-22(39)17-25(20)28/h4,6,16-18,24,26-27,29,37,39,46H,3,5,7-15,19H2,1-2H3,(H,38,42)(H,44,45)/t24-,26-,27-,29-,34+,35+,36+/m1/s1. The number of fused-ring (bicyclic) bond motifs is 6. The lowest BCUT2D eigenvalue weighted by Gasteiger charge is -2.58. The van der Waals surface area contributed by atoms with Gasteiger partial charge in [0.25, 0.3) is 0 Å². The van der Waals surface area contributed by atoms with Crippen LogP contribution in [0.2, 0.25) is 0 Å². The number of carbonyl (C=O) groups excluding carboxylic acids is 4. The number of nitrogens with one attached hydrogen (secondary N) is 2. The first-order valence-electron chi connectivity index (χ1n) is 16.7. The van der Waals surface area contributed by atoms with Crippen molar-refractivity contribution >= 4 is 40.3 Å². The Balaban J connectivity index is 1.01. The number of H-pyrrole nitrogens is 1. The number of hydrogen-bond donors (Lipinski definition) is 5. The number of phenolic OH excluding ortho intramolecular Hbond substituents is 1. The summed E-state index contributed by atoms with van der Waals surface area (Å²) < 4.78 is 5.25. The van der Waals surface area contributed by atoms with Crippen LogP contribution in [0.3, 0.4) is 0 Å². The highest BCUT2D eigenvalue weighted by atomic mass is 16.5. The lowest BCUT2D eigenvalue weighted by molar-refractivity contribution is -0.170. The Morgan fingerprint density at radius 1 is 1.04 bits per heavy atom. The van der Waals surface area contributed by atoms with E-state index in [2.05, 4.69) is 17.2 Å². The van der Waals surface area contributed by atoms with Crippen LogP contribution in [-0.4, -0.2) is 68.0 Å². The number of esters is 1. The van der Waals surface area contributed by atoms with Gasteiger partial charge in [0.05, 0.1) is 6.42 Å². The van der Waals surface area contributed by atoms with E-state index < -0.39 is 47.3 Å². The molecule has 0 aliphatic heterocycles. The molecule has 252 valence electrons. The third-order valence-corrected chi connectivity index (χ3v) is 12.3. The van der Waals surface area contributed by atoms with Crippen LogP contribution in [0.1, 0.15) is 83.6 Å². The number of allylic oxidation sites excluding steroid dienone is 1. The van der Waals surface area contributed by atoms with Crippen molar-refractivity contribution in [2.75, 3.05) is 6.61 Å². The number of ketones is 2. The van der Waals surface area contributed by atoms with Crippen LogP contribution in [0.4, 0.5) is 0 Å². The number of carboxylic acids is 1. The predicted molar refractivity (Wildman–Crippen MR) is 170 cm³/mol. The lowest BCUT2D eigenvalue weighted by atomic mass is 9.46. The van der Waals surface area contributed by atoms with Crippen molar-refractivity contribution in [3.05, 3.63) is 41.6 Å². The normalized spacial score (nSPS) is 32.0. The molecule has 3 fully saturated rings. The van der Waals surface area contributed by atoms with Gasteiger partial charge in [0.15, 0.2) is 12.4 Å². The van der Waals surface area contributed by atoms with Crippen molar-refractivity contribution in [2.45, 2.75) is 96.1 Å². The van der Waals surface area contributed by atoms with Crippen LogP contribution in [0.15, 0.2) is 36.0 Å². The Morgan fingerprint density at radius 2 is 1.81 bits per heavy atom. The zero-order chi connectivity index (χ0) is 33.7. The Morgan fingerprint density at radius 3 is 2.57 bits per heavy atom. The molecule has 0 saturated heterocycles. The van der Waals surface area contributed by atoms with Gasteiger partial charge in [-0.3, -0.25) is 19.2 Å². The molecule has 11 heteroatoms. The molecule has 1 aromatic heterocycles. The number of carboxylic acid groups (broad SMARTS) is 1. The fourth-order valence-electron chi connectivity index (χ4n) is 9.61. The highest BCUT2D eigenvalue weighted by Crippen LogP contribution is 2.67. The molecule has 4 aliphatic carbocycles. The number of aliphatic hydroxyl groups is 1. The van der Waals surface area contributed by atoms with Gasteiger partial charge >= 0.3 is 11.9 Å². The number of hydrogen-bond acceptors (Lipinski definition) is 8. The average Bonchev–Trinajstić information content (AvgIpc) is 3.56. The van der Waals surface area contributed by atoms with Crippen LogP contribution < -0.4 is 5.32 Å². The van der Waals surface area contributed by atoms with Crippen molar-refractivity contribution in [1.82, 2.24) is 10.3 Å². The summed E-state index contributed by atoms with van der Waals surface area (Å²) in [5.41, 5.74) is 0.290.